The van der Waals surface area contributed by atoms with E-state index in [0.717, 1.165) is 5.56 Å². The number of aromatic amines is 1. The van der Waals surface area contributed by atoms with Gasteiger partial charge in [0.15, 0.2) is 5.78 Å². The lowest BCUT2D eigenvalue weighted by molar-refractivity contribution is 0.0525. The van der Waals surface area contributed by atoms with E-state index in [1.807, 2.05) is 43.1 Å². The van der Waals surface area contributed by atoms with Gasteiger partial charge in [0.05, 0.1) is 23.9 Å². The molecule has 0 aliphatic carbocycles. The van der Waals surface area contributed by atoms with Crippen molar-refractivity contribution in [1.82, 2.24) is 9.88 Å². The van der Waals surface area contributed by atoms with E-state index in [9.17, 15) is 9.59 Å². The SMILES string of the molecule is CCOC(=O)c1c(C)[nH]c(C(=O)[C@H](C)N(C)Cc2ccc(Cl)cc2)c1C. The Bertz CT molecular complexity index is 796. The summed E-state index contributed by atoms with van der Waals surface area (Å²) in [5, 5.41) is 0.685. The molecule has 0 aliphatic rings. The van der Waals surface area contributed by atoms with Crippen LogP contribution in [0.5, 0.6) is 0 Å². The predicted molar refractivity (Wildman–Crippen MR) is 103 cm³/mol. The summed E-state index contributed by atoms with van der Waals surface area (Å²) in [5.41, 5.74) is 3.27. The highest BCUT2D eigenvalue weighted by molar-refractivity contribution is 6.30. The summed E-state index contributed by atoms with van der Waals surface area (Å²) >= 11 is 5.91. The number of benzene rings is 1. The highest BCUT2D eigenvalue weighted by Crippen LogP contribution is 2.22. The third kappa shape index (κ3) is 4.34. The van der Waals surface area contributed by atoms with Crippen LogP contribution in [0.1, 0.15) is 51.5 Å². The molecule has 0 unspecified atom stereocenters. The van der Waals surface area contributed by atoms with E-state index in [4.69, 9.17) is 16.3 Å². The molecule has 1 heterocycles. The number of Topliss-reactive ketones (excluding diaryl/α,β-unsaturated/α-hetero) is 1. The van der Waals surface area contributed by atoms with Gasteiger partial charge in [0.1, 0.15) is 0 Å². The second kappa shape index (κ2) is 8.52. The Kier molecular flexibility index (Phi) is 6.62. The fourth-order valence-corrected chi connectivity index (χ4v) is 3.06. The lowest BCUT2D eigenvalue weighted by atomic mass is 10.0. The molecular weight excluding hydrogens is 352 g/mol. The zero-order chi connectivity index (χ0) is 19.4. The highest BCUT2D eigenvalue weighted by Gasteiger charge is 2.27. The van der Waals surface area contributed by atoms with Crippen LogP contribution >= 0.6 is 11.6 Å². The van der Waals surface area contributed by atoms with Crippen LogP contribution in [-0.2, 0) is 11.3 Å². The Morgan fingerprint density at radius 1 is 1.23 bits per heavy atom. The molecule has 1 N–H and O–H groups in total. The molecule has 1 aromatic carbocycles. The number of halogens is 1. The van der Waals surface area contributed by atoms with E-state index < -0.39 is 5.97 Å². The van der Waals surface area contributed by atoms with Crippen molar-refractivity contribution >= 4 is 23.4 Å². The first-order valence-electron chi connectivity index (χ1n) is 8.61. The molecule has 2 aromatic rings. The lowest BCUT2D eigenvalue weighted by Crippen LogP contribution is -2.36. The fraction of sp³-hybridized carbons (Fsp3) is 0.400. The van der Waals surface area contributed by atoms with E-state index in [1.54, 1.807) is 20.8 Å². The first-order valence-corrected chi connectivity index (χ1v) is 8.99. The molecule has 26 heavy (non-hydrogen) atoms. The summed E-state index contributed by atoms with van der Waals surface area (Å²) in [4.78, 5) is 30.1. The van der Waals surface area contributed by atoms with E-state index in [-0.39, 0.29) is 11.8 Å². The molecule has 0 amide bonds. The van der Waals surface area contributed by atoms with Gasteiger partial charge in [-0.05, 0) is 58.0 Å². The van der Waals surface area contributed by atoms with Gasteiger partial charge in [0, 0.05) is 17.3 Å². The lowest BCUT2D eigenvalue weighted by Gasteiger charge is -2.23. The number of ketones is 1. The zero-order valence-electron chi connectivity index (χ0n) is 15.9. The van der Waals surface area contributed by atoms with Crippen molar-refractivity contribution < 1.29 is 14.3 Å². The number of esters is 1. The Labute approximate surface area is 159 Å². The maximum Gasteiger partial charge on any atom is 0.340 e. The van der Waals surface area contributed by atoms with Crippen LogP contribution in [0.4, 0.5) is 0 Å². The molecule has 0 bridgehead atoms. The molecule has 2 rings (SSSR count). The molecule has 0 saturated carbocycles. The van der Waals surface area contributed by atoms with Gasteiger partial charge < -0.3 is 9.72 Å². The number of rotatable bonds is 7. The predicted octanol–water partition coefficient (Wildman–Crippen LogP) is 4.16. The molecule has 1 atom stereocenters. The van der Waals surface area contributed by atoms with Crippen LogP contribution < -0.4 is 0 Å². The third-order valence-corrected chi connectivity index (χ3v) is 4.80. The minimum Gasteiger partial charge on any atom is -0.462 e. The molecule has 1 aromatic heterocycles. The number of nitrogens with one attached hydrogen (secondary N) is 1. The van der Waals surface area contributed by atoms with Crippen LogP contribution in [0, 0.1) is 13.8 Å². The van der Waals surface area contributed by atoms with Crippen molar-refractivity contribution in [3.63, 3.8) is 0 Å². The molecule has 0 spiro atoms. The number of likely N-dealkylation sites (N-methyl/N-ethyl adjacent to an activating group) is 1. The van der Waals surface area contributed by atoms with Crippen molar-refractivity contribution in [1.29, 1.82) is 0 Å². The van der Waals surface area contributed by atoms with Crippen molar-refractivity contribution in [2.75, 3.05) is 13.7 Å². The molecule has 0 aliphatic heterocycles. The Morgan fingerprint density at radius 2 is 1.85 bits per heavy atom. The maximum absolute atomic E-state index is 13.0. The van der Waals surface area contributed by atoms with Crippen LogP contribution in [0.15, 0.2) is 24.3 Å². The van der Waals surface area contributed by atoms with Gasteiger partial charge in [-0.2, -0.15) is 0 Å². The van der Waals surface area contributed by atoms with Gasteiger partial charge in [0.25, 0.3) is 0 Å². The Hall–Kier alpha value is -2.11. The highest BCUT2D eigenvalue weighted by atomic mass is 35.5. The van der Waals surface area contributed by atoms with Crippen LogP contribution in [0.3, 0.4) is 0 Å². The van der Waals surface area contributed by atoms with Crippen molar-refractivity contribution in [3.8, 4) is 0 Å². The summed E-state index contributed by atoms with van der Waals surface area (Å²) in [6, 6.07) is 7.21. The number of ether oxygens (including phenoxy) is 1. The normalized spacial score (nSPS) is 12.3. The minimum absolute atomic E-state index is 0.0578. The van der Waals surface area contributed by atoms with Gasteiger partial charge in [-0.3, -0.25) is 9.69 Å². The van der Waals surface area contributed by atoms with Crippen LogP contribution in [0.25, 0.3) is 0 Å². The second-order valence-electron chi connectivity index (χ2n) is 6.43. The maximum atomic E-state index is 13.0. The van der Waals surface area contributed by atoms with E-state index in [1.165, 1.54) is 0 Å². The summed E-state index contributed by atoms with van der Waals surface area (Å²) in [5.74, 6) is -0.461. The second-order valence-corrected chi connectivity index (χ2v) is 6.86. The zero-order valence-corrected chi connectivity index (χ0v) is 16.6. The van der Waals surface area contributed by atoms with Crippen molar-refractivity contribution in [3.05, 3.63) is 57.4 Å². The van der Waals surface area contributed by atoms with E-state index >= 15 is 0 Å². The third-order valence-electron chi connectivity index (χ3n) is 4.55. The summed E-state index contributed by atoms with van der Waals surface area (Å²) in [6.45, 7) is 8.08. The fourth-order valence-electron chi connectivity index (χ4n) is 2.93. The van der Waals surface area contributed by atoms with Gasteiger partial charge in [-0.25, -0.2) is 4.79 Å². The summed E-state index contributed by atoms with van der Waals surface area (Å²) in [7, 11) is 1.90. The monoisotopic (exact) mass is 376 g/mol. The molecule has 0 fully saturated rings. The van der Waals surface area contributed by atoms with Crippen molar-refractivity contribution in [2.24, 2.45) is 0 Å². The molecule has 140 valence electrons. The average Bonchev–Trinajstić information content (AvgIpc) is 2.90. The number of aryl methyl sites for hydroxylation is 1. The number of nitrogens with zero attached hydrogens (tertiary/aromatic N) is 1. The van der Waals surface area contributed by atoms with E-state index in [0.29, 0.717) is 40.7 Å². The van der Waals surface area contributed by atoms with Gasteiger partial charge in [-0.15, -0.1) is 0 Å². The Balaban J connectivity index is 2.18. The quantitative estimate of drug-likeness (QED) is 0.582. The summed E-state index contributed by atoms with van der Waals surface area (Å²) < 4.78 is 5.09. The molecular formula is C20H25ClN2O3. The van der Waals surface area contributed by atoms with Crippen LogP contribution in [0.2, 0.25) is 5.02 Å². The Morgan fingerprint density at radius 3 is 2.42 bits per heavy atom. The average molecular weight is 377 g/mol. The topological polar surface area (TPSA) is 62.4 Å². The van der Waals surface area contributed by atoms with Crippen LogP contribution in [-0.4, -0.2) is 41.3 Å². The largest absolute Gasteiger partial charge is 0.462 e. The molecule has 5 nitrogen and oxygen atoms in total. The minimum atomic E-state index is -0.403. The van der Waals surface area contributed by atoms with Gasteiger partial charge >= 0.3 is 5.97 Å². The van der Waals surface area contributed by atoms with Gasteiger partial charge in [0.2, 0.25) is 0 Å². The number of H-pyrrole nitrogens is 1. The molecule has 0 radical (unpaired) electrons. The van der Waals surface area contributed by atoms with Crippen molar-refractivity contribution in [2.45, 2.75) is 40.3 Å². The standard InChI is InChI=1S/C20H25ClN2O3/c1-6-26-20(25)17-12(2)18(22-13(17)3)19(24)14(4)23(5)11-15-7-9-16(21)10-8-15/h7-10,14,22H,6,11H2,1-5H3/t14-/m0/s1. The van der Waals surface area contributed by atoms with Gasteiger partial charge in [-0.1, -0.05) is 23.7 Å². The van der Waals surface area contributed by atoms with E-state index in [2.05, 4.69) is 4.98 Å². The smallest absolute Gasteiger partial charge is 0.340 e. The number of carbonyl (C=O) groups is 2. The first-order chi connectivity index (χ1) is 12.3. The number of hydrogen-bond acceptors (Lipinski definition) is 4. The number of aromatic nitrogens is 1. The molecule has 6 heteroatoms. The first kappa shape index (κ1) is 20.2. The number of carbonyl (C=O) groups excluding carboxylic acids is 2. The summed E-state index contributed by atoms with van der Waals surface area (Å²) in [6.07, 6.45) is 0. The number of hydrogen-bond donors (Lipinski definition) is 1. The molecule has 0 saturated heterocycles.